The van der Waals surface area contributed by atoms with Crippen LogP contribution in [0.15, 0.2) is 12.1 Å². The number of piperidine rings is 1. The third kappa shape index (κ3) is 2.46. The van der Waals surface area contributed by atoms with Crippen molar-refractivity contribution >= 4 is 22.6 Å². The van der Waals surface area contributed by atoms with Gasteiger partial charge in [0, 0.05) is 13.1 Å². The zero-order chi connectivity index (χ0) is 11.5. The van der Waals surface area contributed by atoms with Gasteiger partial charge in [-0.3, -0.25) is 4.79 Å². The summed E-state index contributed by atoms with van der Waals surface area (Å²) in [5, 5.41) is 1.25. The molecule has 1 saturated heterocycles. The van der Waals surface area contributed by atoms with Gasteiger partial charge in [0.2, 0.25) is 0 Å². The molecule has 1 aliphatic rings. The molecule has 0 unspecified atom stereocenters. The predicted molar refractivity (Wildman–Crippen MR) is 69.5 cm³/mol. The zero-order valence-corrected chi connectivity index (χ0v) is 10.8. The van der Waals surface area contributed by atoms with Gasteiger partial charge in [0.15, 0.2) is 6.29 Å². The topological polar surface area (TPSA) is 20.3 Å². The maximum absolute atomic E-state index is 10.6. The van der Waals surface area contributed by atoms with Crippen LogP contribution in [0.3, 0.4) is 0 Å². The molecule has 16 heavy (non-hydrogen) atoms. The lowest BCUT2D eigenvalue weighted by atomic mass is 9.87. The highest BCUT2D eigenvalue weighted by atomic mass is 32.1. The van der Waals surface area contributed by atoms with Crippen LogP contribution < -0.4 is 4.90 Å². The van der Waals surface area contributed by atoms with Crippen LogP contribution in [0.25, 0.3) is 0 Å². The van der Waals surface area contributed by atoms with Crippen molar-refractivity contribution in [3.8, 4) is 0 Å². The first-order valence-corrected chi connectivity index (χ1v) is 6.82. The van der Waals surface area contributed by atoms with E-state index in [4.69, 9.17) is 0 Å². The van der Waals surface area contributed by atoms with Crippen molar-refractivity contribution in [1.82, 2.24) is 0 Å². The lowest BCUT2D eigenvalue weighted by molar-refractivity contribution is 0.112. The summed E-state index contributed by atoms with van der Waals surface area (Å²) in [5.41, 5.74) is 0. The highest BCUT2D eigenvalue weighted by Crippen LogP contribution is 2.31. The van der Waals surface area contributed by atoms with Crippen LogP contribution in [0.5, 0.6) is 0 Å². The Kier molecular flexibility index (Phi) is 3.64. The second-order valence-electron chi connectivity index (χ2n) is 4.86. The second kappa shape index (κ2) is 5.00. The fourth-order valence-corrected chi connectivity index (χ4v) is 3.24. The number of nitrogens with zero attached hydrogens (tertiary/aromatic N) is 1. The van der Waals surface area contributed by atoms with E-state index in [0.29, 0.717) is 0 Å². The van der Waals surface area contributed by atoms with Gasteiger partial charge in [0.25, 0.3) is 0 Å². The van der Waals surface area contributed by atoms with Gasteiger partial charge in [-0.15, -0.1) is 11.3 Å². The van der Waals surface area contributed by atoms with E-state index >= 15 is 0 Å². The maximum Gasteiger partial charge on any atom is 0.160 e. The Bertz CT molecular complexity index is 351. The molecule has 2 rings (SSSR count). The van der Waals surface area contributed by atoms with Crippen molar-refractivity contribution in [2.24, 2.45) is 11.8 Å². The summed E-state index contributed by atoms with van der Waals surface area (Å²) in [6.45, 7) is 6.91. The summed E-state index contributed by atoms with van der Waals surface area (Å²) >= 11 is 1.61. The summed E-state index contributed by atoms with van der Waals surface area (Å²) in [7, 11) is 0. The minimum absolute atomic E-state index is 0.802. The lowest BCUT2D eigenvalue weighted by Crippen LogP contribution is -2.34. The standard InChI is InChI=1S/C13H19NOS/c1-10(2)11-5-7-14(8-6-11)13-4-3-12(9-15)16-13/h3-4,9-11H,5-8H2,1-2H3. The first-order chi connectivity index (χ1) is 7.70. The second-order valence-corrected chi connectivity index (χ2v) is 5.96. The number of hydrogen-bond acceptors (Lipinski definition) is 3. The Morgan fingerprint density at radius 1 is 1.38 bits per heavy atom. The van der Waals surface area contributed by atoms with Crippen LogP contribution >= 0.6 is 11.3 Å². The van der Waals surface area contributed by atoms with Gasteiger partial charge >= 0.3 is 0 Å². The SMILES string of the molecule is CC(C)C1CCN(c2ccc(C=O)s2)CC1. The van der Waals surface area contributed by atoms with E-state index < -0.39 is 0 Å². The molecule has 0 aliphatic carbocycles. The predicted octanol–water partition coefficient (Wildman–Crippen LogP) is 3.43. The average molecular weight is 237 g/mol. The van der Waals surface area contributed by atoms with Gasteiger partial charge in [0.05, 0.1) is 9.88 Å². The monoisotopic (exact) mass is 237 g/mol. The molecule has 1 aromatic heterocycles. The van der Waals surface area contributed by atoms with Crippen LogP contribution in [0.2, 0.25) is 0 Å². The summed E-state index contributed by atoms with van der Waals surface area (Å²) in [4.78, 5) is 13.9. The van der Waals surface area contributed by atoms with Crippen LogP contribution in [0, 0.1) is 11.8 Å². The molecular formula is C13H19NOS. The van der Waals surface area contributed by atoms with Crippen molar-refractivity contribution in [3.05, 3.63) is 17.0 Å². The maximum atomic E-state index is 10.6. The number of hydrogen-bond donors (Lipinski definition) is 0. The normalized spacial score (nSPS) is 18.1. The van der Waals surface area contributed by atoms with Crippen molar-refractivity contribution in [3.63, 3.8) is 0 Å². The molecule has 0 amide bonds. The first kappa shape index (κ1) is 11.6. The number of anilines is 1. The van der Waals surface area contributed by atoms with Gasteiger partial charge < -0.3 is 4.90 Å². The van der Waals surface area contributed by atoms with E-state index in [1.165, 1.54) is 17.8 Å². The summed E-state index contributed by atoms with van der Waals surface area (Å²) in [6, 6.07) is 3.99. The minimum atomic E-state index is 0.802. The molecule has 0 radical (unpaired) electrons. The van der Waals surface area contributed by atoms with E-state index in [1.807, 2.05) is 6.07 Å². The first-order valence-electron chi connectivity index (χ1n) is 6.00. The van der Waals surface area contributed by atoms with Gasteiger partial charge in [-0.05, 0) is 36.8 Å². The largest absolute Gasteiger partial charge is 0.363 e. The van der Waals surface area contributed by atoms with E-state index in [1.54, 1.807) is 11.3 Å². The van der Waals surface area contributed by atoms with Gasteiger partial charge in [-0.25, -0.2) is 0 Å². The molecule has 0 saturated carbocycles. The third-order valence-corrected chi connectivity index (χ3v) is 4.59. The van der Waals surface area contributed by atoms with Crippen LogP contribution in [-0.4, -0.2) is 19.4 Å². The quantitative estimate of drug-likeness (QED) is 0.751. The molecule has 0 atom stereocenters. The van der Waals surface area contributed by atoms with E-state index in [2.05, 4.69) is 24.8 Å². The molecule has 0 bridgehead atoms. The van der Waals surface area contributed by atoms with Crippen molar-refractivity contribution in [1.29, 1.82) is 0 Å². The molecule has 2 nitrogen and oxygen atoms in total. The molecule has 0 aromatic carbocycles. The molecule has 88 valence electrons. The Morgan fingerprint density at radius 3 is 2.56 bits per heavy atom. The fraction of sp³-hybridized carbons (Fsp3) is 0.615. The van der Waals surface area contributed by atoms with Gasteiger partial charge in [-0.2, -0.15) is 0 Å². The summed E-state index contributed by atoms with van der Waals surface area (Å²) < 4.78 is 0. The number of carbonyl (C=O) groups is 1. The Morgan fingerprint density at radius 2 is 2.06 bits per heavy atom. The van der Waals surface area contributed by atoms with Crippen LogP contribution in [-0.2, 0) is 0 Å². The highest BCUT2D eigenvalue weighted by Gasteiger charge is 2.22. The van der Waals surface area contributed by atoms with Crippen LogP contribution in [0.1, 0.15) is 36.4 Å². The fourth-order valence-electron chi connectivity index (χ4n) is 2.36. The molecule has 3 heteroatoms. The molecule has 1 aromatic rings. The molecule has 0 N–H and O–H groups in total. The summed E-state index contributed by atoms with van der Waals surface area (Å²) in [6.07, 6.45) is 3.51. The smallest absolute Gasteiger partial charge is 0.160 e. The number of rotatable bonds is 3. The lowest BCUT2D eigenvalue weighted by Gasteiger charge is -2.34. The number of aldehydes is 1. The van der Waals surface area contributed by atoms with Gasteiger partial charge in [0.1, 0.15) is 0 Å². The van der Waals surface area contributed by atoms with Gasteiger partial charge in [-0.1, -0.05) is 13.8 Å². The number of thiophene rings is 1. The van der Waals surface area contributed by atoms with Crippen molar-refractivity contribution in [2.75, 3.05) is 18.0 Å². The average Bonchev–Trinajstić information content (AvgIpc) is 2.77. The number of carbonyl (C=O) groups excluding carboxylic acids is 1. The summed E-state index contributed by atoms with van der Waals surface area (Å²) in [5.74, 6) is 1.68. The minimum Gasteiger partial charge on any atom is -0.363 e. The molecule has 1 aliphatic heterocycles. The van der Waals surface area contributed by atoms with E-state index in [-0.39, 0.29) is 0 Å². The highest BCUT2D eigenvalue weighted by molar-refractivity contribution is 7.17. The Labute approximate surface area is 101 Å². The van der Waals surface area contributed by atoms with E-state index in [0.717, 1.165) is 36.1 Å². The molecular weight excluding hydrogens is 218 g/mol. The third-order valence-electron chi connectivity index (χ3n) is 3.52. The molecule has 0 spiro atoms. The zero-order valence-electron chi connectivity index (χ0n) is 9.98. The Hall–Kier alpha value is -0.830. The van der Waals surface area contributed by atoms with Crippen molar-refractivity contribution in [2.45, 2.75) is 26.7 Å². The van der Waals surface area contributed by atoms with Crippen LogP contribution in [0.4, 0.5) is 5.00 Å². The Balaban J connectivity index is 1.96. The van der Waals surface area contributed by atoms with E-state index in [9.17, 15) is 4.79 Å². The molecule has 1 fully saturated rings. The van der Waals surface area contributed by atoms with Crippen molar-refractivity contribution < 1.29 is 4.79 Å². The molecule has 2 heterocycles.